The number of anilines is 2. The number of nitrogen functional groups attached to an aromatic ring is 2. The molecule has 0 unspecified atom stereocenters. The predicted octanol–water partition coefficient (Wildman–Crippen LogP) is 1.17. The minimum absolute atomic E-state index is 0.166. The zero-order valence-corrected chi connectivity index (χ0v) is 9.69. The lowest BCUT2D eigenvalue weighted by molar-refractivity contribution is 0.0497. The first-order chi connectivity index (χ1) is 8.13. The van der Waals surface area contributed by atoms with Crippen molar-refractivity contribution in [2.24, 2.45) is 0 Å². The van der Waals surface area contributed by atoms with Crippen molar-refractivity contribution in [3.63, 3.8) is 0 Å². The van der Waals surface area contributed by atoms with E-state index in [1.165, 1.54) is 12.1 Å². The highest BCUT2D eigenvalue weighted by Crippen LogP contribution is 2.14. The predicted molar refractivity (Wildman–Crippen MR) is 66.5 cm³/mol. The van der Waals surface area contributed by atoms with Crippen molar-refractivity contribution in [1.29, 1.82) is 0 Å². The molecule has 1 aromatic rings. The monoisotopic (exact) mass is 238 g/mol. The Balaban J connectivity index is 2.41. The number of benzene rings is 1. The highest BCUT2D eigenvalue weighted by atomic mass is 16.5. The molecule has 0 aromatic heterocycles. The van der Waals surface area contributed by atoms with Crippen LogP contribution in [0.4, 0.5) is 11.4 Å². The quantitative estimate of drug-likeness (QED) is 0.392. The number of carbonyl (C=O) groups excluding carboxylic acids is 1. The van der Waals surface area contributed by atoms with E-state index in [0.29, 0.717) is 23.5 Å². The van der Waals surface area contributed by atoms with Crippen LogP contribution in [0.25, 0.3) is 0 Å². The molecule has 0 aliphatic carbocycles. The Morgan fingerprint density at radius 3 is 2.35 bits per heavy atom. The van der Waals surface area contributed by atoms with Crippen molar-refractivity contribution < 1.29 is 14.6 Å². The summed E-state index contributed by atoms with van der Waals surface area (Å²) in [5.74, 6) is -0.423. The minimum Gasteiger partial charge on any atom is -0.462 e. The standard InChI is InChI=1S/C12H18N2O3/c13-10-6-9(7-11(14)8-10)12(16)17-5-3-1-2-4-15/h6-8,15H,1-5,13-14H2. The topological polar surface area (TPSA) is 98.6 Å². The van der Waals surface area contributed by atoms with E-state index in [4.69, 9.17) is 21.3 Å². The third-order valence-corrected chi connectivity index (χ3v) is 2.25. The molecule has 5 heteroatoms. The number of hydrogen-bond acceptors (Lipinski definition) is 5. The first kappa shape index (κ1) is 13.3. The number of ether oxygens (including phenoxy) is 1. The lowest BCUT2D eigenvalue weighted by Crippen LogP contribution is -2.08. The maximum atomic E-state index is 11.6. The molecule has 0 radical (unpaired) electrons. The Kier molecular flexibility index (Phi) is 5.29. The van der Waals surface area contributed by atoms with Gasteiger partial charge >= 0.3 is 5.97 Å². The zero-order valence-electron chi connectivity index (χ0n) is 9.69. The van der Waals surface area contributed by atoms with Gasteiger partial charge in [-0.2, -0.15) is 0 Å². The van der Waals surface area contributed by atoms with Gasteiger partial charge in [0.25, 0.3) is 0 Å². The molecule has 17 heavy (non-hydrogen) atoms. The third kappa shape index (κ3) is 4.74. The van der Waals surface area contributed by atoms with Gasteiger partial charge in [-0.25, -0.2) is 4.79 Å². The molecule has 0 saturated carbocycles. The summed E-state index contributed by atoms with van der Waals surface area (Å²) in [6.45, 7) is 0.507. The second-order valence-electron chi connectivity index (χ2n) is 3.81. The van der Waals surface area contributed by atoms with Crippen LogP contribution in [0.2, 0.25) is 0 Å². The van der Waals surface area contributed by atoms with E-state index in [1.807, 2.05) is 0 Å². The Hall–Kier alpha value is -1.75. The molecule has 1 rings (SSSR count). The van der Waals surface area contributed by atoms with Crippen LogP contribution in [0, 0.1) is 0 Å². The molecular formula is C12H18N2O3. The van der Waals surface area contributed by atoms with E-state index in [0.717, 1.165) is 19.3 Å². The number of aliphatic hydroxyl groups excluding tert-OH is 1. The van der Waals surface area contributed by atoms with E-state index in [-0.39, 0.29) is 6.61 Å². The molecule has 5 N–H and O–H groups in total. The molecule has 0 atom stereocenters. The minimum atomic E-state index is -0.423. The fourth-order valence-corrected chi connectivity index (χ4v) is 1.43. The summed E-state index contributed by atoms with van der Waals surface area (Å²) in [5, 5.41) is 8.58. The van der Waals surface area contributed by atoms with Gasteiger partial charge in [0.2, 0.25) is 0 Å². The van der Waals surface area contributed by atoms with E-state index in [2.05, 4.69) is 0 Å². The Bertz CT molecular complexity index is 360. The van der Waals surface area contributed by atoms with Gasteiger partial charge < -0.3 is 21.3 Å². The summed E-state index contributed by atoms with van der Waals surface area (Å²) < 4.78 is 5.05. The number of hydrogen-bond donors (Lipinski definition) is 3. The van der Waals surface area contributed by atoms with E-state index < -0.39 is 5.97 Å². The SMILES string of the molecule is Nc1cc(N)cc(C(=O)OCCCCCO)c1. The molecule has 0 heterocycles. The van der Waals surface area contributed by atoms with Crippen molar-refractivity contribution >= 4 is 17.3 Å². The Labute approximate surface area is 100 Å². The van der Waals surface area contributed by atoms with Gasteiger partial charge in [-0.3, -0.25) is 0 Å². The average molecular weight is 238 g/mol. The third-order valence-electron chi connectivity index (χ3n) is 2.25. The highest BCUT2D eigenvalue weighted by Gasteiger charge is 2.08. The lowest BCUT2D eigenvalue weighted by atomic mass is 10.2. The molecule has 1 aromatic carbocycles. The van der Waals surface area contributed by atoms with Gasteiger partial charge in [0.05, 0.1) is 12.2 Å². The van der Waals surface area contributed by atoms with Gasteiger partial charge in [0.1, 0.15) is 0 Å². The van der Waals surface area contributed by atoms with Crippen molar-refractivity contribution in [3.05, 3.63) is 23.8 Å². The van der Waals surface area contributed by atoms with Gasteiger partial charge in [0, 0.05) is 18.0 Å². The first-order valence-corrected chi connectivity index (χ1v) is 5.57. The van der Waals surface area contributed by atoms with Crippen molar-refractivity contribution in [2.45, 2.75) is 19.3 Å². The van der Waals surface area contributed by atoms with Crippen LogP contribution in [0.5, 0.6) is 0 Å². The fourth-order valence-electron chi connectivity index (χ4n) is 1.43. The van der Waals surface area contributed by atoms with E-state index in [1.54, 1.807) is 6.07 Å². The zero-order chi connectivity index (χ0) is 12.7. The van der Waals surface area contributed by atoms with Crippen molar-refractivity contribution in [3.8, 4) is 0 Å². The first-order valence-electron chi connectivity index (χ1n) is 5.57. The number of unbranched alkanes of at least 4 members (excludes halogenated alkanes) is 2. The van der Waals surface area contributed by atoms with Crippen LogP contribution >= 0.6 is 0 Å². The summed E-state index contributed by atoms with van der Waals surface area (Å²) in [7, 11) is 0. The smallest absolute Gasteiger partial charge is 0.338 e. The van der Waals surface area contributed by atoms with Crippen LogP contribution < -0.4 is 11.5 Å². The summed E-state index contributed by atoms with van der Waals surface area (Å²) in [6.07, 6.45) is 2.30. The molecule has 0 saturated heterocycles. The molecule has 0 spiro atoms. The molecule has 0 bridgehead atoms. The number of carbonyl (C=O) groups is 1. The van der Waals surface area contributed by atoms with Gasteiger partial charge in [-0.15, -0.1) is 0 Å². The van der Waals surface area contributed by atoms with E-state index >= 15 is 0 Å². The Morgan fingerprint density at radius 1 is 1.12 bits per heavy atom. The van der Waals surface area contributed by atoms with Crippen LogP contribution in [-0.2, 0) is 4.74 Å². The second-order valence-corrected chi connectivity index (χ2v) is 3.81. The van der Waals surface area contributed by atoms with Crippen LogP contribution in [-0.4, -0.2) is 24.3 Å². The fraction of sp³-hybridized carbons (Fsp3) is 0.417. The summed E-state index contributed by atoms with van der Waals surface area (Å²) in [4.78, 5) is 11.6. The maximum Gasteiger partial charge on any atom is 0.338 e. The molecule has 0 fully saturated rings. The summed E-state index contributed by atoms with van der Waals surface area (Å²) in [5.41, 5.74) is 12.4. The van der Waals surface area contributed by atoms with Gasteiger partial charge in [-0.1, -0.05) is 0 Å². The lowest BCUT2D eigenvalue weighted by Gasteiger charge is -2.06. The number of rotatable bonds is 6. The molecule has 0 amide bonds. The van der Waals surface area contributed by atoms with Crippen LogP contribution in [0.15, 0.2) is 18.2 Å². The van der Waals surface area contributed by atoms with Crippen molar-refractivity contribution in [1.82, 2.24) is 0 Å². The molecule has 0 aliphatic heterocycles. The second kappa shape index (κ2) is 6.75. The number of aliphatic hydroxyl groups is 1. The molecule has 0 aliphatic rings. The van der Waals surface area contributed by atoms with Crippen LogP contribution in [0.3, 0.4) is 0 Å². The van der Waals surface area contributed by atoms with Crippen molar-refractivity contribution in [2.75, 3.05) is 24.7 Å². The summed E-state index contributed by atoms with van der Waals surface area (Å²) >= 11 is 0. The number of esters is 1. The van der Waals surface area contributed by atoms with Gasteiger partial charge in [0.15, 0.2) is 0 Å². The number of nitrogens with two attached hydrogens (primary N) is 2. The van der Waals surface area contributed by atoms with Gasteiger partial charge in [-0.05, 0) is 37.5 Å². The summed E-state index contributed by atoms with van der Waals surface area (Å²) in [6, 6.07) is 4.65. The molecule has 94 valence electrons. The highest BCUT2D eigenvalue weighted by molar-refractivity contribution is 5.91. The molecular weight excluding hydrogens is 220 g/mol. The van der Waals surface area contributed by atoms with E-state index in [9.17, 15) is 4.79 Å². The van der Waals surface area contributed by atoms with Crippen LogP contribution in [0.1, 0.15) is 29.6 Å². The largest absolute Gasteiger partial charge is 0.462 e. The maximum absolute atomic E-state index is 11.6. The Morgan fingerprint density at radius 2 is 1.76 bits per heavy atom. The average Bonchev–Trinajstić information content (AvgIpc) is 2.27. The molecule has 5 nitrogen and oxygen atoms in total. The normalized spacial score (nSPS) is 10.2.